The van der Waals surface area contributed by atoms with E-state index in [1.807, 2.05) is 0 Å². The van der Waals surface area contributed by atoms with Gasteiger partial charge in [-0.25, -0.2) is 0 Å². The van der Waals surface area contributed by atoms with Crippen LogP contribution in [-0.2, 0) is 14.3 Å². The van der Waals surface area contributed by atoms with Crippen molar-refractivity contribution in [2.45, 2.75) is 44.2 Å². The minimum atomic E-state index is -0.725. The van der Waals surface area contributed by atoms with Gasteiger partial charge in [0.2, 0.25) is 0 Å². The number of rotatable bonds is 5. The molecule has 0 N–H and O–H groups in total. The molecule has 0 amide bonds. The molecule has 0 bridgehead atoms. The number of hydrogen-bond donors (Lipinski definition) is 0. The summed E-state index contributed by atoms with van der Waals surface area (Å²) in [7, 11) is 0. The lowest BCUT2D eigenvalue weighted by atomic mass is 9.90. The van der Waals surface area contributed by atoms with Crippen LogP contribution in [0.1, 0.15) is 26.7 Å². The maximum atomic E-state index is 11.0. The van der Waals surface area contributed by atoms with E-state index in [2.05, 4.69) is 13.2 Å². The molecule has 3 heteroatoms. The molecule has 0 spiro atoms. The van der Waals surface area contributed by atoms with E-state index in [0.717, 1.165) is 6.29 Å². The first kappa shape index (κ1) is 12.1. The molecule has 15 heavy (non-hydrogen) atoms. The van der Waals surface area contributed by atoms with Gasteiger partial charge in [0.05, 0.1) is 0 Å². The third kappa shape index (κ3) is 2.36. The number of carbonyl (C=O) groups is 1. The van der Waals surface area contributed by atoms with E-state index in [0.29, 0.717) is 12.8 Å². The van der Waals surface area contributed by atoms with Gasteiger partial charge in [0, 0.05) is 0 Å². The normalized spacial score (nSPS) is 27.2. The zero-order valence-corrected chi connectivity index (χ0v) is 9.36. The molecule has 0 unspecified atom stereocenters. The predicted molar refractivity (Wildman–Crippen MR) is 58.5 cm³/mol. The summed E-state index contributed by atoms with van der Waals surface area (Å²) in [6.07, 6.45) is 4.87. The Bertz CT molecular complexity index is 258. The van der Waals surface area contributed by atoms with Crippen molar-refractivity contribution in [3.05, 3.63) is 25.3 Å². The van der Waals surface area contributed by atoms with Gasteiger partial charge in [-0.15, -0.1) is 13.2 Å². The first-order chi connectivity index (χ1) is 6.99. The lowest BCUT2D eigenvalue weighted by Crippen LogP contribution is -2.40. The van der Waals surface area contributed by atoms with E-state index < -0.39 is 17.5 Å². The van der Waals surface area contributed by atoms with Gasteiger partial charge >= 0.3 is 0 Å². The molecule has 1 aliphatic heterocycles. The Morgan fingerprint density at radius 3 is 2.20 bits per heavy atom. The highest BCUT2D eigenvalue weighted by Crippen LogP contribution is 2.40. The maximum absolute atomic E-state index is 11.0. The summed E-state index contributed by atoms with van der Waals surface area (Å²) in [5.41, 5.74) is -0.630. The third-order valence-corrected chi connectivity index (χ3v) is 2.48. The fourth-order valence-electron chi connectivity index (χ4n) is 2.02. The van der Waals surface area contributed by atoms with E-state index in [9.17, 15) is 4.79 Å². The number of aldehydes is 1. The summed E-state index contributed by atoms with van der Waals surface area (Å²) in [6, 6.07) is 0. The van der Waals surface area contributed by atoms with E-state index in [4.69, 9.17) is 9.47 Å². The molecule has 0 radical (unpaired) electrons. The fraction of sp³-hybridized carbons (Fsp3) is 0.583. The van der Waals surface area contributed by atoms with Crippen molar-refractivity contribution < 1.29 is 14.3 Å². The van der Waals surface area contributed by atoms with Crippen LogP contribution in [0.15, 0.2) is 25.3 Å². The average Bonchev–Trinajstić information content (AvgIpc) is 2.38. The van der Waals surface area contributed by atoms with Crippen molar-refractivity contribution >= 4 is 6.29 Å². The largest absolute Gasteiger partial charge is 0.340 e. The quantitative estimate of drug-likeness (QED) is 0.515. The predicted octanol–water partition coefficient (Wildman–Crippen LogP) is 2.23. The molecule has 3 nitrogen and oxygen atoms in total. The van der Waals surface area contributed by atoms with Crippen molar-refractivity contribution in [2.24, 2.45) is 0 Å². The summed E-state index contributed by atoms with van der Waals surface area (Å²) in [5.74, 6) is -0.725. The number of hydrogen-bond acceptors (Lipinski definition) is 3. The Kier molecular flexibility index (Phi) is 3.47. The standard InChI is InChI=1S/C12H18O3/c1-5-7-12(8-6-2)10(9-13)14-11(3,4)15-12/h5-6,9-10H,1-2,7-8H2,3-4H3/t10-/m1/s1. The molecule has 1 saturated heterocycles. The Balaban J connectivity index is 2.98. The first-order valence-electron chi connectivity index (χ1n) is 5.05. The third-order valence-electron chi connectivity index (χ3n) is 2.48. The van der Waals surface area contributed by atoms with Crippen molar-refractivity contribution in [3.63, 3.8) is 0 Å². The molecule has 0 aromatic rings. The average molecular weight is 210 g/mol. The van der Waals surface area contributed by atoms with Gasteiger partial charge in [-0.2, -0.15) is 0 Å². The van der Waals surface area contributed by atoms with Gasteiger partial charge in [0.1, 0.15) is 11.7 Å². The first-order valence-corrected chi connectivity index (χ1v) is 5.05. The smallest absolute Gasteiger partial charge is 0.164 e. The Hall–Kier alpha value is -0.930. The van der Waals surface area contributed by atoms with Crippen LogP contribution in [0.3, 0.4) is 0 Å². The zero-order chi connectivity index (χ0) is 11.5. The molecule has 1 heterocycles. The molecule has 1 rings (SSSR count). The number of carbonyl (C=O) groups excluding carboxylic acids is 1. The van der Waals surface area contributed by atoms with E-state index in [-0.39, 0.29) is 0 Å². The van der Waals surface area contributed by atoms with Gasteiger partial charge < -0.3 is 14.3 Å². The van der Waals surface area contributed by atoms with Crippen LogP contribution < -0.4 is 0 Å². The lowest BCUT2D eigenvalue weighted by Gasteiger charge is -2.28. The second-order valence-corrected chi connectivity index (χ2v) is 4.23. The summed E-state index contributed by atoms with van der Waals surface area (Å²) < 4.78 is 11.4. The topological polar surface area (TPSA) is 35.5 Å². The van der Waals surface area contributed by atoms with Crippen LogP contribution in [0.2, 0.25) is 0 Å². The SMILES string of the molecule is C=CCC1(CC=C)OC(C)(C)O[C@@H]1C=O. The molecule has 0 saturated carbocycles. The van der Waals surface area contributed by atoms with Crippen LogP contribution in [0.25, 0.3) is 0 Å². The second-order valence-electron chi connectivity index (χ2n) is 4.23. The highest BCUT2D eigenvalue weighted by atomic mass is 16.8. The van der Waals surface area contributed by atoms with Crippen molar-refractivity contribution in [1.82, 2.24) is 0 Å². The van der Waals surface area contributed by atoms with E-state index >= 15 is 0 Å². The van der Waals surface area contributed by atoms with Gasteiger partial charge in [-0.3, -0.25) is 0 Å². The van der Waals surface area contributed by atoms with Crippen LogP contribution in [0.4, 0.5) is 0 Å². The summed E-state index contributed by atoms with van der Waals surface area (Å²) >= 11 is 0. The molecular weight excluding hydrogens is 192 g/mol. The lowest BCUT2D eigenvalue weighted by molar-refractivity contribution is -0.163. The highest BCUT2D eigenvalue weighted by molar-refractivity contribution is 5.59. The van der Waals surface area contributed by atoms with Gasteiger partial charge in [-0.1, -0.05) is 12.2 Å². The summed E-state index contributed by atoms with van der Waals surface area (Å²) in [4.78, 5) is 11.0. The molecular formula is C12H18O3. The van der Waals surface area contributed by atoms with Crippen molar-refractivity contribution in [2.75, 3.05) is 0 Å². The van der Waals surface area contributed by atoms with Crippen LogP contribution in [0.5, 0.6) is 0 Å². The summed E-state index contributed by atoms with van der Waals surface area (Å²) in [5, 5.41) is 0. The minimum absolute atomic E-state index is 0.552. The molecule has 1 atom stereocenters. The van der Waals surface area contributed by atoms with E-state index in [1.54, 1.807) is 26.0 Å². The van der Waals surface area contributed by atoms with Crippen molar-refractivity contribution in [1.29, 1.82) is 0 Å². The van der Waals surface area contributed by atoms with Gasteiger partial charge in [0.15, 0.2) is 12.1 Å². The molecule has 0 aromatic heterocycles. The molecule has 1 fully saturated rings. The molecule has 84 valence electrons. The fourth-order valence-corrected chi connectivity index (χ4v) is 2.02. The Labute approximate surface area is 90.8 Å². The molecule has 0 aromatic carbocycles. The van der Waals surface area contributed by atoms with Crippen LogP contribution in [0, 0.1) is 0 Å². The molecule has 0 aliphatic carbocycles. The second kappa shape index (κ2) is 4.29. The zero-order valence-electron chi connectivity index (χ0n) is 9.36. The van der Waals surface area contributed by atoms with Gasteiger partial charge in [0.25, 0.3) is 0 Å². The Morgan fingerprint density at radius 1 is 1.27 bits per heavy atom. The van der Waals surface area contributed by atoms with Crippen LogP contribution in [-0.4, -0.2) is 23.8 Å². The van der Waals surface area contributed by atoms with Gasteiger partial charge in [-0.05, 0) is 26.7 Å². The maximum Gasteiger partial charge on any atom is 0.164 e. The molecule has 1 aliphatic rings. The monoisotopic (exact) mass is 210 g/mol. The van der Waals surface area contributed by atoms with Crippen molar-refractivity contribution in [3.8, 4) is 0 Å². The minimum Gasteiger partial charge on any atom is -0.340 e. The number of ether oxygens (including phenoxy) is 2. The summed E-state index contributed by atoms with van der Waals surface area (Å²) in [6.45, 7) is 11.0. The Morgan fingerprint density at radius 2 is 1.80 bits per heavy atom. The highest BCUT2D eigenvalue weighted by Gasteiger charge is 2.51. The van der Waals surface area contributed by atoms with E-state index in [1.165, 1.54) is 0 Å². The van der Waals surface area contributed by atoms with Crippen LogP contribution >= 0.6 is 0 Å².